The Kier molecular flexibility index (Phi) is 4.10. The maximum absolute atomic E-state index is 13.1. The van der Waals surface area contributed by atoms with Gasteiger partial charge < -0.3 is 14.4 Å². The number of likely N-dealkylation sites (tertiary alicyclic amines) is 1. The van der Waals surface area contributed by atoms with Gasteiger partial charge in [0.25, 0.3) is 0 Å². The number of hydrogen-bond acceptors (Lipinski definition) is 3. The highest BCUT2D eigenvalue weighted by molar-refractivity contribution is 5.68. The smallest absolute Gasteiger partial charge is 0.419 e. The number of alkyl halides is 3. The van der Waals surface area contributed by atoms with E-state index < -0.39 is 35.9 Å². The average Bonchev–Trinajstić information content (AvgIpc) is 2.53. The predicted molar refractivity (Wildman–Crippen MR) is 62.8 cm³/mol. The number of amides is 1. The van der Waals surface area contributed by atoms with Gasteiger partial charge in [-0.05, 0) is 20.8 Å². The van der Waals surface area contributed by atoms with Crippen molar-refractivity contribution in [3.8, 4) is 0 Å². The van der Waals surface area contributed by atoms with Crippen LogP contribution in [0.15, 0.2) is 0 Å². The third-order valence-electron chi connectivity index (χ3n) is 3.21. The quantitative estimate of drug-likeness (QED) is 0.742. The Morgan fingerprint density at radius 3 is 2.16 bits per heavy atom. The molecule has 0 N–H and O–H groups in total. The van der Waals surface area contributed by atoms with Crippen molar-refractivity contribution in [3.63, 3.8) is 0 Å². The molecule has 0 spiro atoms. The highest BCUT2D eigenvalue weighted by Crippen LogP contribution is 2.44. The molecule has 7 heteroatoms. The fourth-order valence-electron chi connectivity index (χ4n) is 2.20. The summed E-state index contributed by atoms with van der Waals surface area (Å²) in [5.41, 5.74) is -3.05. The van der Waals surface area contributed by atoms with Crippen LogP contribution >= 0.6 is 0 Å². The zero-order valence-corrected chi connectivity index (χ0v) is 11.8. The lowest BCUT2D eigenvalue weighted by molar-refractivity contribution is -0.275. The van der Waals surface area contributed by atoms with Crippen molar-refractivity contribution >= 4 is 6.09 Å². The van der Waals surface area contributed by atoms with E-state index in [0.29, 0.717) is 0 Å². The largest absolute Gasteiger partial charge is 0.444 e. The molecule has 0 aromatic heterocycles. The molecule has 1 amide bonds. The molecule has 2 unspecified atom stereocenters. The molecular formula is C12H20F3NO3. The molecule has 0 aromatic carbocycles. The number of rotatable bonds is 1. The van der Waals surface area contributed by atoms with Gasteiger partial charge in [0.15, 0.2) is 5.60 Å². The number of methoxy groups -OCH3 is 1. The summed E-state index contributed by atoms with van der Waals surface area (Å²) in [4.78, 5) is 12.9. The number of ether oxygens (including phenoxy) is 2. The van der Waals surface area contributed by atoms with Gasteiger partial charge in [0.2, 0.25) is 0 Å². The van der Waals surface area contributed by atoms with Crippen molar-refractivity contribution in [2.24, 2.45) is 5.92 Å². The summed E-state index contributed by atoms with van der Waals surface area (Å²) in [5.74, 6) is -0.843. The number of nitrogens with zero attached hydrogens (tertiary/aromatic N) is 1. The minimum Gasteiger partial charge on any atom is -0.444 e. The van der Waals surface area contributed by atoms with Crippen LogP contribution in [0, 0.1) is 5.92 Å². The van der Waals surface area contributed by atoms with Crippen LogP contribution in [-0.4, -0.2) is 48.6 Å². The van der Waals surface area contributed by atoms with Crippen LogP contribution in [0.1, 0.15) is 27.7 Å². The summed E-state index contributed by atoms with van der Waals surface area (Å²) in [6, 6.07) is 0. The first-order valence-electron chi connectivity index (χ1n) is 6.03. The number of halogens is 3. The molecule has 0 saturated carbocycles. The molecule has 4 nitrogen and oxygen atoms in total. The summed E-state index contributed by atoms with van der Waals surface area (Å²) in [6.07, 6.45) is -5.28. The topological polar surface area (TPSA) is 38.8 Å². The highest BCUT2D eigenvalue weighted by Gasteiger charge is 2.63. The Labute approximate surface area is 110 Å². The van der Waals surface area contributed by atoms with Gasteiger partial charge in [0.1, 0.15) is 5.60 Å². The van der Waals surface area contributed by atoms with Crippen LogP contribution in [-0.2, 0) is 9.47 Å². The van der Waals surface area contributed by atoms with Crippen LogP contribution in [0.4, 0.5) is 18.0 Å². The number of carbonyl (C=O) groups excluding carboxylic acids is 1. The van der Waals surface area contributed by atoms with Crippen LogP contribution < -0.4 is 0 Å². The van der Waals surface area contributed by atoms with Crippen LogP contribution in [0.25, 0.3) is 0 Å². The Balaban J connectivity index is 2.88. The SMILES string of the molecule is COC1(C(F)(F)F)CN(C(=O)OC(C)(C)C)CC1C. The number of carbonyl (C=O) groups is 1. The Morgan fingerprint density at radius 1 is 1.32 bits per heavy atom. The lowest BCUT2D eigenvalue weighted by Gasteiger charge is -2.33. The third-order valence-corrected chi connectivity index (χ3v) is 3.21. The molecule has 1 aliphatic heterocycles. The first kappa shape index (κ1) is 16.1. The van der Waals surface area contributed by atoms with E-state index in [-0.39, 0.29) is 6.54 Å². The van der Waals surface area contributed by atoms with E-state index in [4.69, 9.17) is 9.47 Å². The van der Waals surface area contributed by atoms with Gasteiger partial charge >= 0.3 is 12.3 Å². The van der Waals surface area contributed by atoms with Crippen molar-refractivity contribution in [1.82, 2.24) is 4.90 Å². The average molecular weight is 283 g/mol. The molecule has 112 valence electrons. The Morgan fingerprint density at radius 2 is 1.84 bits per heavy atom. The summed E-state index contributed by atoms with van der Waals surface area (Å²) in [6.45, 7) is 5.83. The number of hydrogen-bond donors (Lipinski definition) is 0. The minimum absolute atomic E-state index is 0.0394. The zero-order chi connectivity index (χ0) is 15.1. The molecule has 1 aliphatic rings. The molecule has 0 aromatic rings. The third kappa shape index (κ3) is 3.13. The van der Waals surface area contributed by atoms with Gasteiger partial charge in [0, 0.05) is 19.6 Å². The van der Waals surface area contributed by atoms with E-state index in [1.807, 2.05) is 0 Å². The fraction of sp³-hybridized carbons (Fsp3) is 0.917. The van der Waals surface area contributed by atoms with Gasteiger partial charge in [-0.25, -0.2) is 4.79 Å². The second-order valence-corrected chi connectivity index (χ2v) is 5.85. The van der Waals surface area contributed by atoms with Crippen LogP contribution in [0.5, 0.6) is 0 Å². The normalized spacial score (nSPS) is 28.6. The molecule has 1 rings (SSSR count). The van der Waals surface area contributed by atoms with Gasteiger partial charge in [-0.1, -0.05) is 6.92 Å². The van der Waals surface area contributed by atoms with Gasteiger partial charge in [-0.2, -0.15) is 13.2 Å². The molecule has 1 heterocycles. The Hall–Kier alpha value is -0.980. The molecule has 2 atom stereocenters. The second kappa shape index (κ2) is 4.85. The minimum atomic E-state index is -4.53. The van der Waals surface area contributed by atoms with E-state index in [1.54, 1.807) is 20.8 Å². The van der Waals surface area contributed by atoms with Crippen molar-refractivity contribution in [1.29, 1.82) is 0 Å². The van der Waals surface area contributed by atoms with Crippen molar-refractivity contribution in [3.05, 3.63) is 0 Å². The summed E-state index contributed by atoms with van der Waals surface area (Å²) >= 11 is 0. The van der Waals surface area contributed by atoms with Crippen LogP contribution in [0.3, 0.4) is 0 Å². The molecular weight excluding hydrogens is 263 g/mol. The first-order chi connectivity index (χ1) is 8.43. The van der Waals surface area contributed by atoms with Crippen molar-refractivity contribution in [2.45, 2.75) is 45.1 Å². The monoisotopic (exact) mass is 283 g/mol. The lowest BCUT2D eigenvalue weighted by atomic mass is 9.92. The second-order valence-electron chi connectivity index (χ2n) is 5.85. The molecule has 1 fully saturated rings. The summed E-state index contributed by atoms with van der Waals surface area (Å²) in [7, 11) is 1.02. The summed E-state index contributed by atoms with van der Waals surface area (Å²) < 4.78 is 49.2. The van der Waals surface area contributed by atoms with E-state index in [9.17, 15) is 18.0 Å². The zero-order valence-electron chi connectivity index (χ0n) is 11.8. The lowest BCUT2D eigenvalue weighted by Crippen LogP contribution is -2.53. The van der Waals surface area contributed by atoms with E-state index in [1.165, 1.54) is 6.92 Å². The van der Waals surface area contributed by atoms with Gasteiger partial charge in [-0.3, -0.25) is 0 Å². The standard InChI is InChI=1S/C12H20F3NO3/c1-8-6-16(9(17)19-10(2,3)4)7-11(8,18-5)12(13,14)15/h8H,6-7H2,1-5H3. The van der Waals surface area contributed by atoms with E-state index in [0.717, 1.165) is 12.0 Å². The maximum Gasteiger partial charge on any atom is 0.419 e. The molecule has 0 bridgehead atoms. The van der Waals surface area contributed by atoms with E-state index >= 15 is 0 Å². The van der Waals surface area contributed by atoms with Gasteiger partial charge in [0.05, 0.1) is 6.54 Å². The van der Waals surface area contributed by atoms with Crippen molar-refractivity contribution < 1.29 is 27.4 Å². The molecule has 0 aliphatic carbocycles. The molecule has 1 saturated heterocycles. The van der Waals surface area contributed by atoms with Gasteiger partial charge in [-0.15, -0.1) is 0 Å². The van der Waals surface area contributed by atoms with Crippen LogP contribution in [0.2, 0.25) is 0 Å². The molecule has 19 heavy (non-hydrogen) atoms. The highest BCUT2D eigenvalue weighted by atomic mass is 19.4. The van der Waals surface area contributed by atoms with E-state index in [2.05, 4.69) is 0 Å². The maximum atomic E-state index is 13.1. The predicted octanol–water partition coefficient (Wildman–Crippen LogP) is 2.82. The first-order valence-corrected chi connectivity index (χ1v) is 6.03. The summed E-state index contributed by atoms with van der Waals surface area (Å²) in [5, 5.41) is 0. The molecule has 0 radical (unpaired) electrons. The van der Waals surface area contributed by atoms with Crippen molar-refractivity contribution in [2.75, 3.05) is 20.2 Å². The Bertz CT molecular complexity index is 351. The fourth-order valence-corrected chi connectivity index (χ4v) is 2.20.